The molecule has 0 radical (unpaired) electrons. The van der Waals surface area contributed by atoms with Gasteiger partial charge in [-0.25, -0.2) is 0 Å². The Hall–Kier alpha value is -1.80. The van der Waals surface area contributed by atoms with Crippen molar-refractivity contribution in [3.8, 4) is 0 Å². The Balaban J connectivity index is 3.03. The lowest BCUT2D eigenvalue weighted by Gasteiger charge is -2.29. The number of unbranched alkanes of at least 4 members (excludes halogenated alkanes) is 1. The Labute approximate surface area is 156 Å². The van der Waals surface area contributed by atoms with Gasteiger partial charge in [-0.1, -0.05) is 31.9 Å². The van der Waals surface area contributed by atoms with Gasteiger partial charge in [0, 0.05) is 13.1 Å². The van der Waals surface area contributed by atoms with Gasteiger partial charge in [0.25, 0.3) is 0 Å². The molecular weight excluding hydrogens is 358 g/mol. The van der Waals surface area contributed by atoms with E-state index < -0.39 is 10.5 Å². The lowest BCUT2D eigenvalue weighted by molar-refractivity contribution is -0.128. The molecule has 8 heteroatoms. The van der Waals surface area contributed by atoms with Crippen molar-refractivity contribution >= 4 is 39.4 Å². The van der Waals surface area contributed by atoms with Crippen molar-refractivity contribution in [2.45, 2.75) is 52.5 Å². The summed E-state index contributed by atoms with van der Waals surface area (Å²) in [6.45, 7) is 5.85. The molecule has 25 heavy (non-hydrogen) atoms. The van der Waals surface area contributed by atoms with Crippen molar-refractivity contribution < 1.29 is 13.2 Å². The van der Waals surface area contributed by atoms with Gasteiger partial charge in [-0.3, -0.25) is 9.69 Å². The van der Waals surface area contributed by atoms with Crippen molar-refractivity contribution in [1.29, 1.82) is 0 Å². The highest BCUT2D eigenvalue weighted by atomic mass is 32.2. The first-order chi connectivity index (χ1) is 11.8. The Morgan fingerprint density at radius 3 is 2.64 bits per heavy atom. The van der Waals surface area contributed by atoms with Gasteiger partial charge in [0.1, 0.15) is 0 Å². The van der Waals surface area contributed by atoms with E-state index in [1.54, 1.807) is 37.1 Å². The summed E-state index contributed by atoms with van der Waals surface area (Å²) in [5.74, 6) is -0.124. The Morgan fingerprint density at radius 2 is 2.08 bits per heavy atom. The smallest absolute Gasteiger partial charge is 0.316 e. The molecule has 1 unspecified atom stereocenters. The van der Waals surface area contributed by atoms with Crippen LogP contribution in [0.3, 0.4) is 0 Å². The van der Waals surface area contributed by atoms with Crippen molar-refractivity contribution in [3.63, 3.8) is 0 Å². The molecule has 0 aromatic heterocycles. The third-order valence-electron chi connectivity index (χ3n) is 3.92. The van der Waals surface area contributed by atoms with Crippen molar-refractivity contribution in [3.05, 3.63) is 29.3 Å². The number of nitrogens with zero attached hydrogens (tertiary/aromatic N) is 2. The molecule has 1 amide bonds. The van der Waals surface area contributed by atoms with Crippen LogP contribution in [0.2, 0.25) is 0 Å². The minimum Gasteiger partial charge on any atom is -0.365 e. The molecule has 0 heterocycles. The summed E-state index contributed by atoms with van der Waals surface area (Å²) in [6.07, 6.45) is 3.06. The van der Waals surface area contributed by atoms with Crippen LogP contribution in [0.1, 0.15) is 44.2 Å². The van der Waals surface area contributed by atoms with Gasteiger partial charge in [0.2, 0.25) is 5.91 Å². The molecule has 1 aromatic carbocycles. The van der Waals surface area contributed by atoms with Gasteiger partial charge in [-0.2, -0.15) is 8.42 Å². The van der Waals surface area contributed by atoms with Crippen LogP contribution in [0, 0.1) is 6.92 Å². The average molecular weight is 384 g/mol. The molecule has 0 aliphatic heterocycles. The van der Waals surface area contributed by atoms with Crippen LogP contribution in [0.5, 0.6) is 0 Å². The van der Waals surface area contributed by atoms with Crippen LogP contribution in [0.25, 0.3) is 0 Å². The van der Waals surface area contributed by atoms with Gasteiger partial charge < -0.3 is 5.32 Å². The van der Waals surface area contributed by atoms with Crippen LogP contribution in [0.15, 0.2) is 22.6 Å². The number of thiocarbonyl (C=S) groups is 1. The summed E-state index contributed by atoms with van der Waals surface area (Å²) in [5, 5.41) is 3.27. The maximum Gasteiger partial charge on any atom is 0.316 e. The number of carbonyl (C=O) groups is 1. The van der Waals surface area contributed by atoms with Crippen LogP contribution in [-0.4, -0.2) is 37.4 Å². The van der Waals surface area contributed by atoms with E-state index in [0.29, 0.717) is 16.4 Å². The first-order valence-electron chi connectivity index (χ1n) is 8.24. The van der Waals surface area contributed by atoms with Gasteiger partial charge in [0.15, 0.2) is 5.11 Å². The average Bonchev–Trinajstić information content (AvgIpc) is 2.55. The largest absolute Gasteiger partial charge is 0.365 e. The minimum atomic E-state index is -2.53. The molecule has 0 spiro atoms. The standard InChI is InChI=1S/C17H25N3O3S2/c1-5-6-7-13(3)20(17(24)18-4)16(21)11-14-9-8-12(2)15(10-14)19-25(22)23/h8-10,13H,5-7,11H2,1-4H3,(H,18,24). The zero-order valence-electron chi connectivity index (χ0n) is 15.1. The Kier molecular flexibility index (Phi) is 8.71. The molecule has 1 atom stereocenters. The summed E-state index contributed by atoms with van der Waals surface area (Å²) in [4.78, 5) is 14.4. The van der Waals surface area contributed by atoms with Crippen molar-refractivity contribution in [2.75, 3.05) is 7.05 Å². The van der Waals surface area contributed by atoms with Gasteiger partial charge in [-0.15, -0.1) is 4.36 Å². The third kappa shape index (κ3) is 6.55. The zero-order chi connectivity index (χ0) is 19.0. The molecule has 0 aliphatic rings. The number of hydrogen-bond donors (Lipinski definition) is 1. The number of carbonyl (C=O) groups excluding carboxylic acids is 1. The Morgan fingerprint density at radius 1 is 1.40 bits per heavy atom. The van der Waals surface area contributed by atoms with E-state index >= 15 is 0 Å². The molecule has 0 saturated carbocycles. The lowest BCUT2D eigenvalue weighted by Crippen LogP contribution is -2.48. The molecule has 0 saturated heterocycles. The van der Waals surface area contributed by atoms with Crippen LogP contribution in [-0.2, 0) is 21.7 Å². The zero-order valence-corrected chi connectivity index (χ0v) is 16.7. The van der Waals surface area contributed by atoms with E-state index in [1.807, 2.05) is 6.92 Å². The molecule has 1 N–H and O–H groups in total. The monoisotopic (exact) mass is 383 g/mol. The number of aryl methyl sites for hydroxylation is 1. The Bertz CT molecular complexity index is 752. The van der Waals surface area contributed by atoms with Crippen molar-refractivity contribution in [1.82, 2.24) is 10.2 Å². The van der Waals surface area contributed by atoms with Gasteiger partial charge >= 0.3 is 10.5 Å². The SMILES string of the molecule is CCCCC(C)N(C(=O)Cc1ccc(C)c(N=S(=O)=O)c1)C(=S)NC. The summed E-state index contributed by atoms with van der Waals surface area (Å²) in [6, 6.07) is 5.18. The number of benzene rings is 1. The van der Waals surface area contributed by atoms with Crippen LogP contribution in [0.4, 0.5) is 5.69 Å². The normalized spacial score (nSPS) is 11.5. The molecule has 0 bridgehead atoms. The minimum absolute atomic E-state index is 0.00356. The summed E-state index contributed by atoms with van der Waals surface area (Å²) in [5.41, 5.74) is 1.78. The topological polar surface area (TPSA) is 78.8 Å². The van der Waals surface area contributed by atoms with E-state index in [0.717, 1.165) is 24.8 Å². The van der Waals surface area contributed by atoms with Gasteiger partial charge in [-0.05, 0) is 49.7 Å². The highest BCUT2D eigenvalue weighted by Gasteiger charge is 2.23. The molecule has 6 nitrogen and oxygen atoms in total. The fourth-order valence-corrected chi connectivity index (χ4v) is 3.15. The second kappa shape index (κ2) is 10.2. The second-order valence-electron chi connectivity index (χ2n) is 5.92. The predicted molar refractivity (Wildman–Crippen MR) is 103 cm³/mol. The molecule has 1 aromatic rings. The quantitative estimate of drug-likeness (QED) is 0.732. The second-order valence-corrected chi connectivity index (χ2v) is 6.92. The fraction of sp³-hybridized carbons (Fsp3) is 0.529. The van der Waals surface area contributed by atoms with Crippen LogP contribution >= 0.6 is 12.2 Å². The number of nitrogens with one attached hydrogen (secondary N) is 1. The van der Waals surface area contributed by atoms with E-state index in [2.05, 4.69) is 16.6 Å². The maximum atomic E-state index is 12.8. The van der Waals surface area contributed by atoms with Crippen molar-refractivity contribution in [2.24, 2.45) is 4.36 Å². The molecule has 0 fully saturated rings. The molecule has 0 aliphatic carbocycles. The van der Waals surface area contributed by atoms with Crippen LogP contribution < -0.4 is 5.32 Å². The number of rotatable bonds is 7. The lowest BCUT2D eigenvalue weighted by atomic mass is 10.1. The molecular formula is C17H25N3O3S2. The maximum absolute atomic E-state index is 12.8. The van der Waals surface area contributed by atoms with Gasteiger partial charge in [0.05, 0.1) is 12.1 Å². The third-order valence-corrected chi connectivity index (χ3v) is 4.67. The molecule has 1 rings (SSSR count). The summed E-state index contributed by atoms with van der Waals surface area (Å²) in [7, 11) is -0.832. The first kappa shape index (κ1) is 21.2. The summed E-state index contributed by atoms with van der Waals surface area (Å²) >= 11 is 5.29. The van der Waals surface area contributed by atoms with E-state index in [4.69, 9.17) is 12.2 Å². The predicted octanol–water partition coefficient (Wildman–Crippen LogP) is 3.14. The first-order valence-corrected chi connectivity index (χ1v) is 9.68. The number of hydrogen-bond acceptors (Lipinski definition) is 5. The van der Waals surface area contributed by atoms with E-state index in [-0.39, 0.29) is 18.4 Å². The van der Waals surface area contributed by atoms with E-state index in [1.165, 1.54) is 0 Å². The highest BCUT2D eigenvalue weighted by Crippen LogP contribution is 2.21. The number of amides is 1. The molecule has 138 valence electrons. The van der Waals surface area contributed by atoms with E-state index in [9.17, 15) is 13.2 Å². The summed E-state index contributed by atoms with van der Waals surface area (Å²) < 4.78 is 25.2. The fourth-order valence-electron chi connectivity index (χ4n) is 2.51. The highest BCUT2D eigenvalue weighted by molar-refractivity contribution is 7.80.